The topological polar surface area (TPSA) is 61.9 Å². The summed E-state index contributed by atoms with van der Waals surface area (Å²) < 4.78 is 4.89. The minimum absolute atomic E-state index is 0.0593. The van der Waals surface area contributed by atoms with Gasteiger partial charge in [0.2, 0.25) is 5.91 Å². The van der Waals surface area contributed by atoms with E-state index in [4.69, 9.17) is 4.74 Å². The smallest absolute Gasteiger partial charge is 0.414 e. The molecule has 0 aromatic heterocycles. The Morgan fingerprint density at radius 2 is 1.88 bits per heavy atom. The van der Waals surface area contributed by atoms with E-state index in [0.717, 1.165) is 31.6 Å². The van der Waals surface area contributed by atoms with Gasteiger partial charge in [0.25, 0.3) is 0 Å². The zero-order valence-electron chi connectivity index (χ0n) is 15.4. The highest BCUT2D eigenvalue weighted by Gasteiger charge is 2.24. The van der Waals surface area contributed by atoms with Gasteiger partial charge < -0.3 is 15.0 Å². The highest BCUT2D eigenvalue weighted by Crippen LogP contribution is 2.15. The van der Waals surface area contributed by atoms with Gasteiger partial charge >= 0.3 is 6.09 Å². The molecule has 0 radical (unpaired) electrons. The summed E-state index contributed by atoms with van der Waals surface area (Å²) in [5, 5.41) is 3.50. The molecule has 0 atom stereocenters. The lowest BCUT2D eigenvalue weighted by Gasteiger charge is -2.34. The highest BCUT2D eigenvalue weighted by atomic mass is 16.5. The second kappa shape index (κ2) is 9.42. The first-order valence-corrected chi connectivity index (χ1v) is 8.95. The third kappa shape index (κ3) is 5.46. The number of nitrogens with one attached hydrogen (secondary N) is 1. The molecule has 1 aromatic rings. The molecule has 0 bridgehead atoms. The van der Waals surface area contributed by atoms with E-state index in [1.54, 1.807) is 4.90 Å². The summed E-state index contributed by atoms with van der Waals surface area (Å²) >= 11 is 0. The second-order valence-corrected chi connectivity index (χ2v) is 6.67. The fourth-order valence-corrected chi connectivity index (χ4v) is 3.09. The summed E-state index contributed by atoms with van der Waals surface area (Å²) in [7, 11) is 1.40. The van der Waals surface area contributed by atoms with Crippen molar-refractivity contribution in [1.29, 1.82) is 0 Å². The van der Waals surface area contributed by atoms with Crippen molar-refractivity contribution in [3.8, 4) is 0 Å². The maximum absolute atomic E-state index is 12.0. The number of ether oxygens (including phenoxy) is 1. The Morgan fingerprint density at radius 1 is 1.24 bits per heavy atom. The molecule has 1 fully saturated rings. The maximum Gasteiger partial charge on any atom is 0.414 e. The van der Waals surface area contributed by atoms with Crippen molar-refractivity contribution in [2.45, 2.75) is 32.7 Å². The van der Waals surface area contributed by atoms with Crippen molar-refractivity contribution in [2.24, 2.45) is 5.92 Å². The highest BCUT2D eigenvalue weighted by molar-refractivity contribution is 5.87. The van der Waals surface area contributed by atoms with E-state index in [1.807, 2.05) is 49.1 Å². The summed E-state index contributed by atoms with van der Waals surface area (Å²) in [6.07, 6.45) is 1.54. The van der Waals surface area contributed by atoms with Gasteiger partial charge in [-0.2, -0.15) is 0 Å². The molecule has 1 aliphatic rings. The Labute approximate surface area is 150 Å². The van der Waals surface area contributed by atoms with Crippen molar-refractivity contribution >= 4 is 17.7 Å². The van der Waals surface area contributed by atoms with Crippen LogP contribution in [0.2, 0.25) is 0 Å². The molecule has 1 heterocycles. The number of amides is 2. The molecule has 6 nitrogen and oxygen atoms in total. The van der Waals surface area contributed by atoms with E-state index in [0.29, 0.717) is 19.1 Å². The minimum atomic E-state index is -0.356. The molecule has 1 aromatic carbocycles. The second-order valence-electron chi connectivity index (χ2n) is 6.67. The Kier molecular flexibility index (Phi) is 7.25. The number of hydrogen-bond acceptors (Lipinski definition) is 4. The number of benzene rings is 1. The number of para-hydroxylation sites is 1. The molecule has 1 aliphatic heterocycles. The first kappa shape index (κ1) is 19.2. The van der Waals surface area contributed by atoms with Crippen LogP contribution in [0.1, 0.15) is 26.7 Å². The average Bonchev–Trinajstić information content (AvgIpc) is 2.65. The summed E-state index contributed by atoms with van der Waals surface area (Å²) in [6, 6.07) is 9.90. The molecule has 138 valence electrons. The SMILES string of the molecule is COC(=O)N(CCNC1CCN(C(=O)C(C)C)CC1)c1ccccc1. The Bertz CT molecular complexity index is 554. The molecule has 0 unspecified atom stereocenters. The standard InChI is InChI=1S/C19H29N3O3/c1-15(2)18(23)21-12-9-16(10-13-21)20-11-14-22(19(24)25-3)17-7-5-4-6-8-17/h4-8,15-16,20H,9-14H2,1-3H3. The van der Waals surface area contributed by atoms with Crippen LogP contribution < -0.4 is 10.2 Å². The minimum Gasteiger partial charge on any atom is -0.452 e. The van der Waals surface area contributed by atoms with Crippen molar-refractivity contribution in [1.82, 2.24) is 10.2 Å². The largest absolute Gasteiger partial charge is 0.452 e. The van der Waals surface area contributed by atoms with Gasteiger partial charge in [0, 0.05) is 43.8 Å². The van der Waals surface area contributed by atoms with Crippen LogP contribution in [0.5, 0.6) is 0 Å². The maximum atomic E-state index is 12.0. The number of methoxy groups -OCH3 is 1. The zero-order valence-corrected chi connectivity index (χ0v) is 15.4. The van der Waals surface area contributed by atoms with Crippen LogP contribution in [0.25, 0.3) is 0 Å². The number of carbonyl (C=O) groups excluding carboxylic acids is 2. The summed E-state index contributed by atoms with van der Waals surface area (Å²) in [5.74, 6) is 0.295. The number of rotatable bonds is 6. The fraction of sp³-hybridized carbons (Fsp3) is 0.579. The molecule has 0 saturated carbocycles. The first-order valence-electron chi connectivity index (χ1n) is 8.95. The van der Waals surface area contributed by atoms with Crippen LogP contribution in [-0.2, 0) is 9.53 Å². The molecular weight excluding hydrogens is 318 g/mol. The lowest BCUT2D eigenvalue weighted by atomic mass is 10.0. The van der Waals surface area contributed by atoms with Crippen molar-refractivity contribution < 1.29 is 14.3 Å². The number of likely N-dealkylation sites (tertiary alicyclic amines) is 1. The summed E-state index contributed by atoms with van der Waals surface area (Å²) in [6.45, 7) is 6.71. The van der Waals surface area contributed by atoms with Crippen LogP contribution in [-0.4, -0.2) is 56.2 Å². The van der Waals surface area contributed by atoms with Crippen LogP contribution in [0.4, 0.5) is 10.5 Å². The van der Waals surface area contributed by atoms with Crippen molar-refractivity contribution in [2.75, 3.05) is 38.2 Å². The van der Waals surface area contributed by atoms with Crippen molar-refractivity contribution in [3.63, 3.8) is 0 Å². The number of hydrogen-bond donors (Lipinski definition) is 1. The zero-order chi connectivity index (χ0) is 18.2. The monoisotopic (exact) mass is 347 g/mol. The van der Waals surface area contributed by atoms with Gasteiger partial charge in [-0.05, 0) is 25.0 Å². The first-order chi connectivity index (χ1) is 12.0. The van der Waals surface area contributed by atoms with Crippen molar-refractivity contribution in [3.05, 3.63) is 30.3 Å². The summed E-state index contributed by atoms with van der Waals surface area (Å²) in [4.78, 5) is 27.6. The van der Waals surface area contributed by atoms with Gasteiger partial charge in [-0.1, -0.05) is 32.0 Å². The molecule has 1 saturated heterocycles. The van der Waals surface area contributed by atoms with E-state index in [2.05, 4.69) is 5.32 Å². The summed E-state index contributed by atoms with van der Waals surface area (Å²) in [5.41, 5.74) is 0.827. The molecule has 1 N–H and O–H groups in total. The predicted octanol–water partition coefficient (Wildman–Crippen LogP) is 2.50. The van der Waals surface area contributed by atoms with E-state index in [9.17, 15) is 9.59 Å². The Morgan fingerprint density at radius 3 is 2.44 bits per heavy atom. The lowest BCUT2D eigenvalue weighted by Crippen LogP contribution is -2.47. The number of nitrogens with zero attached hydrogens (tertiary/aromatic N) is 2. The van der Waals surface area contributed by atoms with Crippen LogP contribution in [0.3, 0.4) is 0 Å². The molecule has 0 aliphatic carbocycles. The molecule has 2 rings (SSSR count). The van der Waals surface area contributed by atoms with Gasteiger partial charge in [-0.3, -0.25) is 9.69 Å². The Balaban J connectivity index is 1.79. The van der Waals surface area contributed by atoms with Gasteiger partial charge in [0.1, 0.15) is 0 Å². The molecule has 0 spiro atoms. The predicted molar refractivity (Wildman–Crippen MR) is 98.6 cm³/mol. The number of piperidine rings is 1. The van der Waals surface area contributed by atoms with E-state index in [-0.39, 0.29) is 17.9 Å². The quantitative estimate of drug-likeness (QED) is 0.859. The Hall–Kier alpha value is -2.08. The van der Waals surface area contributed by atoms with Crippen LogP contribution in [0, 0.1) is 5.92 Å². The van der Waals surface area contributed by atoms with E-state index in [1.165, 1.54) is 7.11 Å². The lowest BCUT2D eigenvalue weighted by molar-refractivity contribution is -0.135. The van der Waals surface area contributed by atoms with Gasteiger partial charge in [-0.25, -0.2) is 4.79 Å². The molecular formula is C19H29N3O3. The number of anilines is 1. The van der Waals surface area contributed by atoms with Gasteiger partial charge in [-0.15, -0.1) is 0 Å². The van der Waals surface area contributed by atoms with Gasteiger partial charge in [0.05, 0.1) is 7.11 Å². The third-order valence-corrected chi connectivity index (χ3v) is 4.53. The average molecular weight is 347 g/mol. The van der Waals surface area contributed by atoms with Crippen LogP contribution in [0.15, 0.2) is 30.3 Å². The van der Waals surface area contributed by atoms with Crippen LogP contribution >= 0.6 is 0 Å². The molecule has 6 heteroatoms. The third-order valence-electron chi connectivity index (χ3n) is 4.53. The van der Waals surface area contributed by atoms with Gasteiger partial charge in [0.15, 0.2) is 0 Å². The van der Waals surface area contributed by atoms with E-state index >= 15 is 0 Å². The number of carbonyl (C=O) groups is 2. The molecule has 25 heavy (non-hydrogen) atoms. The van der Waals surface area contributed by atoms with E-state index < -0.39 is 0 Å². The normalized spacial score (nSPS) is 15.3. The fourth-order valence-electron chi connectivity index (χ4n) is 3.09. The molecule has 2 amide bonds.